The molecule has 0 aliphatic heterocycles. The van der Waals surface area contributed by atoms with Crippen molar-refractivity contribution in [2.75, 3.05) is 14.2 Å². The fourth-order valence-corrected chi connectivity index (χ4v) is 2.94. The van der Waals surface area contributed by atoms with Crippen LogP contribution in [0.2, 0.25) is 0 Å². The van der Waals surface area contributed by atoms with E-state index in [1.807, 2.05) is 48.5 Å². The molecule has 2 aromatic rings. The summed E-state index contributed by atoms with van der Waals surface area (Å²) in [7, 11) is 3.22. The Labute approximate surface area is 139 Å². The van der Waals surface area contributed by atoms with E-state index in [2.05, 4.69) is 0 Å². The average molecular weight is 346 g/mol. The molecule has 0 N–H and O–H groups in total. The molecule has 0 radical (unpaired) electrons. The van der Waals surface area contributed by atoms with E-state index in [0.717, 1.165) is 22.6 Å². The van der Waals surface area contributed by atoms with E-state index in [1.165, 1.54) is 0 Å². The zero-order valence-corrected chi connectivity index (χ0v) is 13.9. The molecule has 0 fully saturated rings. The maximum atomic E-state index is 6.20. The minimum Gasteiger partial charge on any atom is -0.497 e. The summed E-state index contributed by atoms with van der Waals surface area (Å²) in [5, 5.41) is 0. The molecule has 0 aliphatic carbocycles. The molecule has 0 saturated heterocycles. The molecule has 0 amide bonds. The monoisotopic (exact) mass is 344 g/mol. The summed E-state index contributed by atoms with van der Waals surface area (Å²) >= 11 is 18.6. The summed E-state index contributed by atoms with van der Waals surface area (Å²) in [6.45, 7) is 0. The van der Waals surface area contributed by atoms with Gasteiger partial charge in [-0.15, -0.1) is 0 Å². The highest BCUT2D eigenvalue weighted by molar-refractivity contribution is 6.68. The van der Waals surface area contributed by atoms with Crippen LogP contribution in [0.4, 0.5) is 0 Å². The van der Waals surface area contributed by atoms with E-state index < -0.39 is 9.71 Å². The van der Waals surface area contributed by atoms with Crippen LogP contribution in [0.1, 0.15) is 17.0 Å². The summed E-state index contributed by atoms with van der Waals surface area (Å²) in [5.74, 6) is 1.08. The highest BCUT2D eigenvalue weighted by Crippen LogP contribution is 2.46. The van der Waals surface area contributed by atoms with Gasteiger partial charge in [0.1, 0.15) is 11.5 Å². The van der Waals surface area contributed by atoms with E-state index >= 15 is 0 Å². The number of halogens is 3. The second-order valence-electron chi connectivity index (χ2n) is 4.52. The molecule has 21 heavy (non-hydrogen) atoms. The fourth-order valence-electron chi connectivity index (χ4n) is 2.19. The third-order valence-electron chi connectivity index (χ3n) is 3.20. The van der Waals surface area contributed by atoms with Crippen LogP contribution in [0.15, 0.2) is 48.5 Å². The molecule has 0 spiro atoms. The SMILES string of the molecule is COc1ccc([C@H](c2cccc(OC)c2)C(Cl)(Cl)Cl)cc1. The Morgan fingerprint density at radius 1 is 0.810 bits per heavy atom. The normalized spacial score (nSPS) is 12.8. The average Bonchev–Trinajstić information content (AvgIpc) is 2.47. The summed E-state index contributed by atoms with van der Waals surface area (Å²) in [4.78, 5) is 0. The summed E-state index contributed by atoms with van der Waals surface area (Å²) < 4.78 is 8.93. The predicted octanol–water partition coefficient (Wildman–Crippen LogP) is 5.21. The molecule has 2 rings (SSSR count). The number of benzene rings is 2. The van der Waals surface area contributed by atoms with E-state index in [-0.39, 0.29) is 0 Å². The number of methoxy groups -OCH3 is 2. The van der Waals surface area contributed by atoms with Crippen molar-refractivity contribution in [3.8, 4) is 11.5 Å². The maximum Gasteiger partial charge on any atom is 0.201 e. The number of alkyl halides is 3. The number of ether oxygens (including phenoxy) is 2. The van der Waals surface area contributed by atoms with Gasteiger partial charge in [0.25, 0.3) is 0 Å². The Hall–Kier alpha value is -1.09. The van der Waals surface area contributed by atoms with Gasteiger partial charge in [-0.2, -0.15) is 0 Å². The van der Waals surface area contributed by atoms with Gasteiger partial charge in [0.15, 0.2) is 0 Å². The molecule has 0 bridgehead atoms. The van der Waals surface area contributed by atoms with Gasteiger partial charge in [-0.25, -0.2) is 0 Å². The van der Waals surface area contributed by atoms with Crippen LogP contribution >= 0.6 is 34.8 Å². The Bertz CT molecular complexity index is 591. The highest BCUT2D eigenvalue weighted by Gasteiger charge is 2.35. The Kier molecular flexibility index (Phi) is 5.26. The van der Waals surface area contributed by atoms with Crippen molar-refractivity contribution in [1.29, 1.82) is 0 Å². The topological polar surface area (TPSA) is 18.5 Å². The number of hydrogen-bond donors (Lipinski definition) is 0. The first-order chi connectivity index (χ1) is 9.95. The lowest BCUT2D eigenvalue weighted by atomic mass is 9.92. The van der Waals surface area contributed by atoms with Gasteiger partial charge in [-0.05, 0) is 35.4 Å². The minimum atomic E-state index is -1.47. The van der Waals surface area contributed by atoms with Gasteiger partial charge in [0.2, 0.25) is 3.79 Å². The smallest absolute Gasteiger partial charge is 0.201 e. The lowest BCUT2D eigenvalue weighted by Gasteiger charge is -2.26. The number of rotatable bonds is 4. The zero-order chi connectivity index (χ0) is 15.5. The van der Waals surface area contributed by atoms with Crippen molar-refractivity contribution >= 4 is 34.8 Å². The summed E-state index contributed by atoms with van der Waals surface area (Å²) in [6, 6.07) is 15.0. The minimum absolute atomic E-state index is 0.400. The van der Waals surface area contributed by atoms with Gasteiger partial charge < -0.3 is 9.47 Å². The van der Waals surface area contributed by atoms with Crippen LogP contribution in [0.5, 0.6) is 11.5 Å². The maximum absolute atomic E-state index is 6.20. The molecule has 0 unspecified atom stereocenters. The van der Waals surface area contributed by atoms with Gasteiger partial charge in [0, 0.05) is 0 Å². The molecule has 0 aliphatic rings. The zero-order valence-electron chi connectivity index (χ0n) is 11.6. The number of hydrogen-bond acceptors (Lipinski definition) is 2. The van der Waals surface area contributed by atoms with Crippen LogP contribution in [0, 0.1) is 0 Å². The summed E-state index contributed by atoms with van der Waals surface area (Å²) in [5.41, 5.74) is 1.77. The molecule has 0 saturated carbocycles. The lowest BCUT2D eigenvalue weighted by Crippen LogP contribution is -2.18. The van der Waals surface area contributed by atoms with Gasteiger partial charge >= 0.3 is 0 Å². The van der Waals surface area contributed by atoms with Gasteiger partial charge in [-0.1, -0.05) is 59.1 Å². The van der Waals surface area contributed by atoms with Gasteiger partial charge in [-0.3, -0.25) is 0 Å². The van der Waals surface area contributed by atoms with Crippen LogP contribution in [0.3, 0.4) is 0 Å². The van der Waals surface area contributed by atoms with Crippen LogP contribution in [0.25, 0.3) is 0 Å². The first-order valence-electron chi connectivity index (χ1n) is 6.30. The molecular formula is C16H15Cl3O2. The molecule has 2 nitrogen and oxygen atoms in total. The van der Waals surface area contributed by atoms with E-state index in [4.69, 9.17) is 44.3 Å². The summed E-state index contributed by atoms with van der Waals surface area (Å²) in [6.07, 6.45) is 0. The fraction of sp³-hybridized carbons (Fsp3) is 0.250. The van der Waals surface area contributed by atoms with Gasteiger partial charge in [0.05, 0.1) is 20.1 Å². The van der Waals surface area contributed by atoms with Crippen molar-refractivity contribution in [3.05, 3.63) is 59.7 Å². The first kappa shape index (κ1) is 16.3. The second kappa shape index (κ2) is 6.78. The van der Waals surface area contributed by atoms with Crippen molar-refractivity contribution in [2.24, 2.45) is 0 Å². The van der Waals surface area contributed by atoms with Crippen molar-refractivity contribution in [1.82, 2.24) is 0 Å². The molecule has 0 aromatic heterocycles. The standard InChI is InChI=1S/C16H15Cl3O2/c1-20-13-8-6-11(7-9-13)15(16(17,18)19)12-4-3-5-14(10-12)21-2/h3-10,15H,1-2H3/t15-/m1/s1. The van der Waals surface area contributed by atoms with Crippen LogP contribution < -0.4 is 9.47 Å². The predicted molar refractivity (Wildman–Crippen MR) is 88.1 cm³/mol. The Balaban J connectivity index is 2.47. The molecule has 1 atom stereocenters. The largest absolute Gasteiger partial charge is 0.497 e. The van der Waals surface area contributed by atoms with E-state index in [9.17, 15) is 0 Å². The van der Waals surface area contributed by atoms with Crippen molar-refractivity contribution in [2.45, 2.75) is 9.71 Å². The second-order valence-corrected chi connectivity index (χ2v) is 6.89. The van der Waals surface area contributed by atoms with Crippen molar-refractivity contribution < 1.29 is 9.47 Å². The van der Waals surface area contributed by atoms with Crippen molar-refractivity contribution in [3.63, 3.8) is 0 Å². The third-order valence-corrected chi connectivity index (χ3v) is 3.86. The van der Waals surface area contributed by atoms with E-state index in [0.29, 0.717) is 0 Å². The van der Waals surface area contributed by atoms with Crippen LogP contribution in [-0.2, 0) is 0 Å². The quantitative estimate of drug-likeness (QED) is 0.709. The lowest BCUT2D eigenvalue weighted by molar-refractivity contribution is 0.413. The molecule has 2 aromatic carbocycles. The first-order valence-corrected chi connectivity index (χ1v) is 7.43. The Morgan fingerprint density at radius 2 is 1.43 bits per heavy atom. The molecule has 112 valence electrons. The molecular weight excluding hydrogens is 331 g/mol. The molecule has 0 heterocycles. The highest BCUT2D eigenvalue weighted by atomic mass is 35.6. The van der Waals surface area contributed by atoms with Crippen LogP contribution in [-0.4, -0.2) is 18.0 Å². The Morgan fingerprint density at radius 3 is 1.95 bits per heavy atom. The van der Waals surface area contributed by atoms with E-state index in [1.54, 1.807) is 14.2 Å². The third kappa shape index (κ3) is 3.97. The molecule has 5 heteroatoms.